The molecule has 1 aromatic heterocycles. The minimum absolute atomic E-state index is 0.0131. The molecule has 2 fully saturated rings. The van der Waals surface area contributed by atoms with Crippen LogP contribution in [-0.4, -0.2) is 58.5 Å². The first kappa shape index (κ1) is 23.3. The predicted molar refractivity (Wildman–Crippen MR) is 116 cm³/mol. The van der Waals surface area contributed by atoms with Crippen molar-refractivity contribution in [2.45, 2.75) is 32.2 Å². The van der Waals surface area contributed by atoms with Crippen LogP contribution < -0.4 is 10.5 Å². The van der Waals surface area contributed by atoms with Crippen molar-refractivity contribution < 1.29 is 22.7 Å². The van der Waals surface area contributed by atoms with Gasteiger partial charge in [0, 0.05) is 55.6 Å². The van der Waals surface area contributed by atoms with E-state index in [9.17, 15) is 18.0 Å². The molecule has 0 bridgehead atoms. The summed E-state index contributed by atoms with van der Waals surface area (Å²) in [4.78, 5) is 25.2. The molecule has 0 unspecified atom stereocenters. The highest BCUT2D eigenvalue weighted by Gasteiger charge is 2.31. The van der Waals surface area contributed by atoms with Gasteiger partial charge in [0.15, 0.2) is 17.4 Å². The van der Waals surface area contributed by atoms with Crippen molar-refractivity contribution in [2.75, 3.05) is 38.5 Å². The molecule has 3 heterocycles. The lowest BCUT2D eigenvalue weighted by Gasteiger charge is -2.37. The van der Waals surface area contributed by atoms with Crippen LogP contribution in [0.25, 0.3) is 0 Å². The quantitative estimate of drug-likeness (QED) is 0.709. The van der Waals surface area contributed by atoms with E-state index in [0.717, 1.165) is 38.0 Å². The van der Waals surface area contributed by atoms with E-state index < -0.39 is 23.2 Å². The van der Waals surface area contributed by atoms with Gasteiger partial charge in [0.05, 0.1) is 6.61 Å². The molecule has 178 valence electrons. The van der Waals surface area contributed by atoms with Gasteiger partial charge in [-0.1, -0.05) is 0 Å². The molecule has 0 saturated carbocycles. The number of piperidine rings is 2. The number of anilines is 1. The fourth-order valence-electron chi connectivity index (χ4n) is 4.49. The van der Waals surface area contributed by atoms with Crippen LogP contribution in [0.5, 0.6) is 5.75 Å². The van der Waals surface area contributed by atoms with E-state index in [1.807, 2.05) is 4.90 Å². The number of nitrogens with two attached hydrogens (primary N) is 1. The third-order valence-corrected chi connectivity index (χ3v) is 6.42. The Morgan fingerprint density at radius 1 is 1.00 bits per heavy atom. The van der Waals surface area contributed by atoms with Crippen LogP contribution >= 0.6 is 0 Å². The average molecular weight is 464 g/mol. The lowest BCUT2D eigenvalue weighted by Crippen LogP contribution is -2.45. The number of amides is 1. The van der Waals surface area contributed by atoms with Gasteiger partial charge in [-0.15, -0.1) is 0 Å². The van der Waals surface area contributed by atoms with Crippen LogP contribution in [0.3, 0.4) is 0 Å². The highest BCUT2D eigenvalue weighted by molar-refractivity contribution is 5.79. The Hall–Kier alpha value is -2.88. The lowest BCUT2D eigenvalue weighted by molar-refractivity contribution is -0.138. The number of rotatable bonds is 6. The van der Waals surface area contributed by atoms with Crippen molar-refractivity contribution in [3.8, 4) is 5.75 Å². The molecule has 7 nitrogen and oxygen atoms in total. The topological polar surface area (TPSA) is 84.6 Å². The standard InChI is InChI=1S/C23H28F3N5O2/c24-18-9-19(25)21(20(26)10-18)33-14-15-1-7-31(8-2-15)22(32)17-3-5-30(6-4-17)13-16-11-28-23(27)29-12-16/h9-12,15,17H,1-8,13-14H2,(H2,27,28,29). The molecule has 10 heteroatoms. The molecule has 33 heavy (non-hydrogen) atoms. The Morgan fingerprint density at radius 2 is 1.61 bits per heavy atom. The highest BCUT2D eigenvalue weighted by Crippen LogP contribution is 2.27. The number of benzene rings is 1. The van der Waals surface area contributed by atoms with E-state index in [1.54, 1.807) is 12.4 Å². The van der Waals surface area contributed by atoms with Crippen LogP contribution in [0.15, 0.2) is 24.5 Å². The van der Waals surface area contributed by atoms with Gasteiger partial charge in [-0.3, -0.25) is 9.69 Å². The van der Waals surface area contributed by atoms with Gasteiger partial charge >= 0.3 is 0 Å². The van der Waals surface area contributed by atoms with E-state index in [1.165, 1.54) is 0 Å². The summed E-state index contributed by atoms with van der Waals surface area (Å²) in [7, 11) is 0. The van der Waals surface area contributed by atoms with Crippen molar-refractivity contribution in [1.82, 2.24) is 19.8 Å². The first-order valence-electron chi connectivity index (χ1n) is 11.2. The average Bonchev–Trinajstić information content (AvgIpc) is 2.80. The Bertz CT molecular complexity index is 936. The fraction of sp³-hybridized carbons (Fsp3) is 0.522. The summed E-state index contributed by atoms with van der Waals surface area (Å²) >= 11 is 0. The van der Waals surface area contributed by atoms with Crippen LogP contribution in [0.2, 0.25) is 0 Å². The molecule has 1 aromatic carbocycles. The van der Waals surface area contributed by atoms with Gasteiger partial charge in [-0.25, -0.2) is 23.1 Å². The van der Waals surface area contributed by atoms with Crippen molar-refractivity contribution >= 4 is 11.9 Å². The molecule has 2 aliphatic heterocycles. The Kier molecular flexibility index (Phi) is 7.32. The number of halogens is 3. The SMILES string of the molecule is Nc1ncc(CN2CCC(C(=O)N3CCC(COc4c(F)cc(F)cc4F)CC3)CC2)cn1. The summed E-state index contributed by atoms with van der Waals surface area (Å²) in [6.07, 6.45) is 6.47. The van der Waals surface area contributed by atoms with Gasteiger partial charge in [-0.05, 0) is 44.7 Å². The number of nitrogen functional groups attached to an aromatic ring is 1. The molecule has 1 amide bonds. The molecule has 0 atom stereocenters. The number of carbonyl (C=O) groups is 1. The van der Waals surface area contributed by atoms with Crippen molar-refractivity contribution in [3.63, 3.8) is 0 Å². The molecular formula is C23H28F3N5O2. The van der Waals surface area contributed by atoms with Crippen LogP contribution in [0, 0.1) is 29.3 Å². The number of aromatic nitrogens is 2. The second-order valence-electron chi connectivity index (χ2n) is 8.78. The van der Waals surface area contributed by atoms with E-state index in [2.05, 4.69) is 14.9 Å². The number of hydrogen-bond donors (Lipinski definition) is 1. The molecule has 2 N–H and O–H groups in total. The van der Waals surface area contributed by atoms with E-state index in [-0.39, 0.29) is 30.3 Å². The zero-order valence-electron chi connectivity index (χ0n) is 18.4. The van der Waals surface area contributed by atoms with Crippen molar-refractivity contribution in [3.05, 3.63) is 47.5 Å². The molecule has 0 spiro atoms. The van der Waals surface area contributed by atoms with Crippen LogP contribution in [-0.2, 0) is 11.3 Å². The number of nitrogens with zero attached hydrogens (tertiary/aromatic N) is 4. The predicted octanol–water partition coefficient (Wildman–Crippen LogP) is 3.01. The largest absolute Gasteiger partial charge is 0.487 e. The maximum Gasteiger partial charge on any atom is 0.225 e. The molecular weight excluding hydrogens is 435 g/mol. The number of likely N-dealkylation sites (tertiary alicyclic amines) is 2. The minimum atomic E-state index is -1.05. The van der Waals surface area contributed by atoms with E-state index >= 15 is 0 Å². The maximum absolute atomic E-state index is 13.7. The van der Waals surface area contributed by atoms with Gasteiger partial charge in [0.25, 0.3) is 0 Å². The number of ether oxygens (including phenoxy) is 1. The van der Waals surface area contributed by atoms with Gasteiger partial charge in [0.2, 0.25) is 11.9 Å². The third-order valence-electron chi connectivity index (χ3n) is 6.42. The Labute approximate surface area is 190 Å². The monoisotopic (exact) mass is 463 g/mol. The van der Waals surface area contributed by atoms with Gasteiger partial charge < -0.3 is 15.4 Å². The normalized spacial score (nSPS) is 18.5. The van der Waals surface area contributed by atoms with E-state index in [0.29, 0.717) is 38.1 Å². The first-order valence-corrected chi connectivity index (χ1v) is 11.2. The first-order chi connectivity index (χ1) is 15.9. The second-order valence-corrected chi connectivity index (χ2v) is 8.78. The highest BCUT2D eigenvalue weighted by atomic mass is 19.1. The second kappa shape index (κ2) is 10.4. The van der Waals surface area contributed by atoms with Crippen molar-refractivity contribution in [2.24, 2.45) is 11.8 Å². The van der Waals surface area contributed by atoms with E-state index in [4.69, 9.17) is 10.5 Å². The number of carbonyl (C=O) groups excluding carboxylic acids is 1. The molecule has 2 aromatic rings. The Balaban J connectivity index is 1.19. The van der Waals surface area contributed by atoms with Gasteiger partial charge in [0.1, 0.15) is 5.82 Å². The summed E-state index contributed by atoms with van der Waals surface area (Å²) in [5, 5.41) is 0. The van der Waals surface area contributed by atoms with Crippen LogP contribution in [0.1, 0.15) is 31.2 Å². The van der Waals surface area contributed by atoms with Crippen LogP contribution in [0.4, 0.5) is 19.1 Å². The summed E-state index contributed by atoms with van der Waals surface area (Å²) in [6, 6.07) is 1.21. The zero-order chi connectivity index (χ0) is 23.4. The summed E-state index contributed by atoms with van der Waals surface area (Å²) in [5.41, 5.74) is 6.52. The molecule has 4 rings (SSSR count). The molecule has 2 saturated heterocycles. The van der Waals surface area contributed by atoms with Crippen molar-refractivity contribution in [1.29, 1.82) is 0 Å². The maximum atomic E-state index is 13.7. The summed E-state index contributed by atoms with van der Waals surface area (Å²) in [6.45, 7) is 3.74. The molecule has 0 radical (unpaired) electrons. The fourth-order valence-corrected chi connectivity index (χ4v) is 4.49. The third kappa shape index (κ3) is 5.93. The smallest absolute Gasteiger partial charge is 0.225 e. The zero-order valence-corrected chi connectivity index (χ0v) is 18.4. The Morgan fingerprint density at radius 3 is 2.21 bits per heavy atom. The minimum Gasteiger partial charge on any atom is -0.487 e. The molecule has 0 aliphatic carbocycles. The summed E-state index contributed by atoms with van der Waals surface area (Å²) < 4.78 is 45.8. The lowest BCUT2D eigenvalue weighted by atomic mass is 9.92. The summed E-state index contributed by atoms with van der Waals surface area (Å²) in [5.74, 6) is -3.08. The van der Waals surface area contributed by atoms with Gasteiger partial charge in [-0.2, -0.15) is 0 Å². The number of hydrogen-bond acceptors (Lipinski definition) is 6. The molecule has 2 aliphatic rings.